The molecule has 98 valence electrons. The van der Waals surface area contributed by atoms with Crippen LogP contribution in [0, 0.1) is 0 Å². The second-order valence-corrected chi connectivity index (χ2v) is 4.97. The van der Waals surface area contributed by atoms with Crippen LogP contribution < -0.4 is 4.90 Å². The van der Waals surface area contributed by atoms with Crippen LogP contribution in [0.5, 0.6) is 0 Å². The molecule has 0 aliphatic carbocycles. The molecule has 2 rings (SSSR count). The van der Waals surface area contributed by atoms with Crippen molar-refractivity contribution in [2.24, 2.45) is 0 Å². The third-order valence-corrected chi connectivity index (χ3v) is 3.52. The third-order valence-electron chi connectivity index (χ3n) is 3.21. The summed E-state index contributed by atoms with van der Waals surface area (Å²) in [6, 6.07) is 3.42. The second kappa shape index (κ2) is 6.05. The third kappa shape index (κ3) is 3.13. The summed E-state index contributed by atoms with van der Waals surface area (Å²) in [6.45, 7) is 1.88. The van der Waals surface area contributed by atoms with Crippen LogP contribution in [-0.4, -0.2) is 29.1 Å². The summed E-state index contributed by atoms with van der Waals surface area (Å²) >= 11 is 5.83. The van der Waals surface area contributed by atoms with Gasteiger partial charge in [-0.15, -0.1) is 0 Å². The first-order chi connectivity index (χ1) is 8.68. The minimum atomic E-state index is -1.08. The van der Waals surface area contributed by atoms with E-state index in [1.807, 2.05) is 0 Å². The van der Waals surface area contributed by atoms with Gasteiger partial charge in [-0.25, -0.2) is 9.78 Å². The number of rotatable bonds is 2. The van der Waals surface area contributed by atoms with Gasteiger partial charge in [0.2, 0.25) is 0 Å². The lowest BCUT2D eigenvalue weighted by molar-refractivity contribution is 0.0691. The summed E-state index contributed by atoms with van der Waals surface area (Å²) in [5.41, 5.74) is -0.0590. The maximum atomic E-state index is 11.0. The van der Waals surface area contributed by atoms with Crippen molar-refractivity contribution in [2.45, 2.75) is 32.1 Å². The SMILES string of the molecule is O=C(O)c1nc(N2CCCCCCC2)ccc1Cl. The van der Waals surface area contributed by atoms with Crippen molar-refractivity contribution in [3.05, 3.63) is 22.8 Å². The molecule has 0 unspecified atom stereocenters. The molecule has 18 heavy (non-hydrogen) atoms. The monoisotopic (exact) mass is 268 g/mol. The van der Waals surface area contributed by atoms with Crippen molar-refractivity contribution in [2.75, 3.05) is 18.0 Å². The van der Waals surface area contributed by atoms with E-state index in [-0.39, 0.29) is 10.7 Å². The standard InChI is InChI=1S/C13H17ClN2O2/c14-10-6-7-11(15-12(10)13(17)18)16-8-4-2-1-3-5-9-16/h6-7H,1-5,8-9H2,(H,17,18). The van der Waals surface area contributed by atoms with Gasteiger partial charge in [0.15, 0.2) is 5.69 Å². The molecule has 1 aliphatic heterocycles. The zero-order valence-electron chi connectivity index (χ0n) is 10.2. The van der Waals surface area contributed by atoms with Crippen LogP contribution in [0.4, 0.5) is 5.82 Å². The molecular formula is C13H17ClN2O2. The molecule has 5 heteroatoms. The van der Waals surface area contributed by atoms with E-state index in [2.05, 4.69) is 9.88 Å². The molecular weight excluding hydrogens is 252 g/mol. The molecule has 0 bridgehead atoms. The average molecular weight is 269 g/mol. The van der Waals surface area contributed by atoms with E-state index < -0.39 is 5.97 Å². The van der Waals surface area contributed by atoms with Gasteiger partial charge >= 0.3 is 5.97 Å². The van der Waals surface area contributed by atoms with Crippen LogP contribution in [0.1, 0.15) is 42.6 Å². The lowest BCUT2D eigenvalue weighted by Gasteiger charge is -2.26. The molecule has 0 aromatic carbocycles. The summed E-state index contributed by atoms with van der Waals surface area (Å²) in [5, 5.41) is 9.22. The zero-order valence-corrected chi connectivity index (χ0v) is 11.0. The number of pyridine rings is 1. The Balaban J connectivity index is 2.20. The number of halogens is 1. The average Bonchev–Trinajstić information content (AvgIpc) is 2.29. The fourth-order valence-corrected chi connectivity index (χ4v) is 2.42. The van der Waals surface area contributed by atoms with Crippen LogP contribution in [0.15, 0.2) is 12.1 Å². The normalized spacial score (nSPS) is 17.1. The van der Waals surface area contributed by atoms with Crippen molar-refractivity contribution < 1.29 is 9.90 Å². The molecule has 1 N–H and O–H groups in total. The maximum absolute atomic E-state index is 11.0. The molecule has 4 nitrogen and oxygen atoms in total. The highest BCUT2D eigenvalue weighted by atomic mass is 35.5. The molecule has 2 heterocycles. The summed E-state index contributed by atoms with van der Waals surface area (Å²) < 4.78 is 0. The first-order valence-corrected chi connectivity index (χ1v) is 6.71. The molecule has 1 aromatic rings. The Hall–Kier alpha value is -1.29. The van der Waals surface area contributed by atoms with Crippen molar-refractivity contribution in [3.63, 3.8) is 0 Å². The van der Waals surface area contributed by atoms with E-state index in [9.17, 15) is 4.79 Å². The largest absolute Gasteiger partial charge is 0.476 e. The summed E-state index contributed by atoms with van der Waals surface area (Å²) in [7, 11) is 0. The Labute approximate surface area is 112 Å². The summed E-state index contributed by atoms with van der Waals surface area (Å²) in [6.07, 6.45) is 6.02. The van der Waals surface area contributed by atoms with E-state index in [0.29, 0.717) is 0 Å². The number of hydrogen-bond donors (Lipinski definition) is 1. The van der Waals surface area contributed by atoms with E-state index >= 15 is 0 Å². The van der Waals surface area contributed by atoms with Gasteiger partial charge < -0.3 is 10.0 Å². The molecule has 1 aromatic heterocycles. The Morgan fingerprint density at radius 2 is 1.78 bits per heavy atom. The van der Waals surface area contributed by atoms with Crippen LogP contribution in [-0.2, 0) is 0 Å². The number of anilines is 1. The quantitative estimate of drug-likeness (QED) is 0.895. The molecule has 1 saturated heterocycles. The zero-order chi connectivity index (χ0) is 13.0. The predicted octanol–water partition coefficient (Wildman–Crippen LogP) is 3.20. The lowest BCUT2D eigenvalue weighted by atomic mass is 10.1. The fraction of sp³-hybridized carbons (Fsp3) is 0.538. The highest BCUT2D eigenvalue weighted by Gasteiger charge is 2.15. The van der Waals surface area contributed by atoms with Gasteiger partial charge in [-0.05, 0) is 25.0 Å². The topological polar surface area (TPSA) is 53.4 Å². The van der Waals surface area contributed by atoms with E-state index in [1.165, 1.54) is 19.3 Å². The van der Waals surface area contributed by atoms with Crippen LogP contribution >= 0.6 is 11.6 Å². The first-order valence-electron chi connectivity index (χ1n) is 6.33. The molecule has 0 atom stereocenters. The number of nitrogens with zero attached hydrogens (tertiary/aromatic N) is 2. The molecule has 0 radical (unpaired) electrons. The highest BCUT2D eigenvalue weighted by Crippen LogP contribution is 2.21. The van der Waals surface area contributed by atoms with Crippen LogP contribution in [0.25, 0.3) is 0 Å². The van der Waals surface area contributed by atoms with E-state index in [0.717, 1.165) is 31.7 Å². The molecule has 0 saturated carbocycles. The Morgan fingerprint density at radius 3 is 2.39 bits per heavy atom. The summed E-state index contributed by atoms with van der Waals surface area (Å²) in [4.78, 5) is 17.3. The summed E-state index contributed by atoms with van der Waals surface area (Å²) in [5.74, 6) is -0.354. The Kier molecular flexibility index (Phi) is 4.42. The Bertz CT molecular complexity index is 429. The van der Waals surface area contributed by atoms with E-state index in [4.69, 9.17) is 16.7 Å². The first kappa shape index (κ1) is 13.1. The lowest BCUT2D eigenvalue weighted by Crippen LogP contribution is -2.28. The van der Waals surface area contributed by atoms with Crippen molar-refractivity contribution in [3.8, 4) is 0 Å². The minimum absolute atomic E-state index is 0.0590. The second-order valence-electron chi connectivity index (χ2n) is 4.56. The highest BCUT2D eigenvalue weighted by molar-refractivity contribution is 6.33. The number of carboxylic acid groups (broad SMARTS) is 1. The Morgan fingerprint density at radius 1 is 1.17 bits per heavy atom. The van der Waals surface area contributed by atoms with E-state index in [1.54, 1.807) is 12.1 Å². The molecule has 0 amide bonds. The van der Waals surface area contributed by atoms with Crippen LogP contribution in [0.2, 0.25) is 5.02 Å². The predicted molar refractivity (Wildman–Crippen MR) is 71.5 cm³/mol. The number of carboxylic acids is 1. The van der Waals surface area contributed by atoms with Gasteiger partial charge in [0.1, 0.15) is 5.82 Å². The number of carbonyl (C=O) groups is 1. The maximum Gasteiger partial charge on any atom is 0.356 e. The van der Waals surface area contributed by atoms with Gasteiger partial charge in [-0.2, -0.15) is 0 Å². The minimum Gasteiger partial charge on any atom is -0.476 e. The van der Waals surface area contributed by atoms with Crippen molar-refractivity contribution >= 4 is 23.4 Å². The molecule has 0 spiro atoms. The number of aromatic carboxylic acids is 1. The van der Waals surface area contributed by atoms with Gasteiger partial charge in [0, 0.05) is 13.1 Å². The van der Waals surface area contributed by atoms with Gasteiger partial charge in [-0.3, -0.25) is 0 Å². The molecule has 1 aliphatic rings. The van der Waals surface area contributed by atoms with Gasteiger partial charge in [0.25, 0.3) is 0 Å². The van der Waals surface area contributed by atoms with Gasteiger partial charge in [-0.1, -0.05) is 30.9 Å². The smallest absolute Gasteiger partial charge is 0.356 e. The number of aromatic nitrogens is 1. The molecule has 1 fully saturated rings. The fourth-order valence-electron chi connectivity index (χ4n) is 2.23. The number of hydrogen-bond acceptors (Lipinski definition) is 3. The van der Waals surface area contributed by atoms with Crippen molar-refractivity contribution in [1.82, 2.24) is 4.98 Å². The van der Waals surface area contributed by atoms with Crippen molar-refractivity contribution in [1.29, 1.82) is 0 Å². The van der Waals surface area contributed by atoms with Gasteiger partial charge in [0.05, 0.1) is 5.02 Å². The van der Waals surface area contributed by atoms with Crippen LogP contribution in [0.3, 0.4) is 0 Å².